The molecule has 2 aromatic heterocycles. The molecule has 0 saturated carbocycles. The van der Waals surface area contributed by atoms with Crippen molar-refractivity contribution in [3.05, 3.63) is 71.7 Å². The summed E-state index contributed by atoms with van der Waals surface area (Å²) in [5, 5.41) is 11.1. The molecule has 0 amide bonds. The van der Waals surface area contributed by atoms with Crippen molar-refractivity contribution in [3.8, 4) is 0 Å². The number of fused-ring (bicyclic) bond motifs is 1. The molecule has 0 radical (unpaired) electrons. The second-order valence-corrected chi connectivity index (χ2v) is 5.84. The van der Waals surface area contributed by atoms with Crippen molar-refractivity contribution in [2.45, 2.75) is 19.5 Å². The molecule has 3 heterocycles. The molecule has 1 aliphatic rings. The largest absolute Gasteiger partial charge is 0.338 e. The minimum Gasteiger partial charge on any atom is -0.338 e. The van der Waals surface area contributed by atoms with Crippen LogP contribution in [-0.2, 0) is 19.5 Å². The van der Waals surface area contributed by atoms with Crippen molar-refractivity contribution in [3.63, 3.8) is 0 Å². The molecule has 23 heavy (non-hydrogen) atoms. The van der Waals surface area contributed by atoms with E-state index in [1.165, 1.54) is 16.8 Å². The molecule has 116 valence electrons. The summed E-state index contributed by atoms with van der Waals surface area (Å²) < 4.78 is 0. The van der Waals surface area contributed by atoms with Gasteiger partial charge in [0.05, 0.1) is 0 Å². The summed E-state index contributed by atoms with van der Waals surface area (Å²) in [6, 6.07) is 14.3. The maximum atomic E-state index is 4.46. The van der Waals surface area contributed by atoms with Crippen molar-refractivity contribution in [1.29, 1.82) is 0 Å². The summed E-state index contributed by atoms with van der Waals surface area (Å²) >= 11 is 0. The first-order chi connectivity index (χ1) is 11.4. The van der Waals surface area contributed by atoms with Gasteiger partial charge in [-0.05, 0) is 23.8 Å². The number of hydrogen-bond acceptors (Lipinski definition) is 4. The minimum absolute atomic E-state index is 0.899. The van der Waals surface area contributed by atoms with E-state index in [2.05, 4.69) is 43.6 Å². The molecule has 0 aliphatic carbocycles. The Labute approximate surface area is 135 Å². The lowest BCUT2D eigenvalue weighted by Gasteiger charge is -2.26. The van der Waals surface area contributed by atoms with Crippen molar-refractivity contribution in [1.82, 2.24) is 20.1 Å². The van der Waals surface area contributed by atoms with Gasteiger partial charge < -0.3 is 5.32 Å². The molecule has 1 aromatic carbocycles. The number of aromatic nitrogens is 3. The second kappa shape index (κ2) is 6.22. The quantitative estimate of drug-likeness (QED) is 0.777. The topological polar surface area (TPSA) is 56.8 Å². The second-order valence-electron chi connectivity index (χ2n) is 5.84. The lowest BCUT2D eigenvalue weighted by atomic mass is 10.1. The van der Waals surface area contributed by atoms with Crippen LogP contribution in [0.2, 0.25) is 0 Å². The third-order valence-electron chi connectivity index (χ3n) is 4.18. The van der Waals surface area contributed by atoms with Crippen LogP contribution in [0.4, 0.5) is 11.5 Å². The Hall–Kier alpha value is -2.66. The average Bonchev–Trinajstić information content (AvgIpc) is 2.99. The van der Waals surface area contributed by atoms with Crippen LogP contribution in [0.1, 0.15) is 16.8 Å². The van der Waals surface area contributed by atoms with Crippen LogP contribution in [0.3, 0.4) is 0 Å². The van der Waals surface area contributed by atoms with Gasteiger partial charge in [-0.2, -0.15) is 5.10 Å². The van der Waals surface area contributed by atoms with Gasteiger partial charge >= 0.3 is 0 Å². The van der Waals surface area contributed by atoms with Crippen LogP contribution in [0, 0.1) is 0 Å². The minimum atomic E-state index is 0.899. The van der Waals surface area contributed by atoms with E-state index in [-0.39, 0.29) is 0 Å². The number of nitrogens with one attached hydrogen (secondary N) is 2. The van der Waals surface area contributed by atoms with E-state index in [9.17, 15) is 0 Å². The Morgan fingerprint density at radius 1 is 1.13 bits per heavy atom. The lowest BCUT2D eigenvalue weighted by molar-refractivity contribution is 0.245. The maximum absolute atomic E-state index is 4.46. The smallest absolute Gasteiger partial charge is 0.156 e. The van der Waals surface area contributed by atoms with Crippen LogP contribution in [0.25, 0.3) is 0 Å². The van der Waals surface area contributed by atoms with E-state index in [4.69, 9.17) is 0 Å². The Morgan fingerprint density at radius 3 is 2.87 bits per heavy atom. The summed E-state index contributed by atoms with van der Waals surface area (Å²) in [5.41, 5.74) is 4.82. The molecule has 1 aliphatic heterocycles. The van der Waals surface area contributed by atoms with Crippen LogP contribution in [0.15, 0.2) is 54.9 Å². The van der Waals surface area contributed by atoms with Crippen LogP contribution < -0.4 is 5.32 Å². The van der Waals surface area contributed by atoms with E-state index >= 15 is 0 Å². The number of para-hydroxylation sites is 1. The van der Waals surface area contributed by atoms with E-state index in [1.807, 2.05) is 36.7 Å². The zero-order valence-corrected chi connectivity index (χ0v) is 12.9. The number of benzene rings is 1. The van der Waals surface area contributed by atoms with Gasteiger partial charge in [0.1, 0.15) is 0 Å². The molecule has 2 N–H and O–H groups in total. The van der Waals surface area contributed by atoms with Gasteiger partial charge in [-0.3, -0.25) is 15.0 Å². The monoisotopic (exact) mass is 305 g/mol. The fourth-order valence-electron chi connectivity index (χ4n) is 3.00. The van der Waals surface area contributed by atoms with Gasteiger partial charge in [0, 0.05) is 55.4 Å². The fraction of sp³-hybridized carbons (Fsp3) is 0.222. The number of nitrogens with zero attached hydrogens (tertiary/aromatic N) is 3. The van der Waals surface area contributed by atoms with Gasteiger partial charge in [-0.1, -0.05) is 24.3 Å². The number of rotatable bonds is 4. The molecule has 0 atom stereocenters. The Kier molecular flexibility index (Phi) is 3.78. The SMILES string of the molecule is c1ccc(Nc2n[nH]c3c2CN(Cc2cccnc2)CC3)cc1. The third kappa shape index (κ3) is 3.10. The third-order valence-corrected chi connectivity index (χ3v) is 4.18. The normalized spacial score (nSPS) is 14.4. The molecule has 0 fully saturated rings. The first-order valence-electron chi connectivity index (χ1n) is 7.88. The summed E-state index contributed by atoms with van der Waals surface area (Å²) in [6.07, 6.45) is 4.75. The maximum Gasteiger partial charge on any atom is 0.156 e. The van der Waals surface area contributed by atoms with Gasteiger partial charge in [0.15, 0.2) is 5.82 Å². The van der Waals surface area contributed by atoms with Crippen LogP contribution >= 0.6 is 0 Å². The highest BCUT2D eigenvalue weighted by molar-refractivity contribution is 5.60. The van der Waals surface area contributed by atoms with E-state index in [1.54, 1.807) is 0 Å². The number of hydrogen-bond donors (Lipinski definition) is 2. The van der Waals surface area contributed by atoms with Crippen LogP contribution in [0.5, 0.6) is 0 Å². The Balaban J connectivity index is 1.51. The molecule has 0 unspecified atom stereocenters. The average molecular weight is 305 g/mol. The van der Waals surface area contributed by atoms with Crippen molar-refractivity contribution in [2.24, 2.45) is 0 Å². The fourth-order valence-corrected chi connectivity index (χ4v) is 3.00. The van der Waals surface area contributed by atoms with Crippen LogP contribution in [-0.4, -0.2) is 26.6 Å². The molecule has 4 rings (SSSR count). The van der Waals surface area contributed by atoms with Crippen molar-refractivity contribution in [2.75, 3.05) is 11.9 Å². The first kappa shape index (κ1) is 14.0. The van der Waals surface area contributed by atoms with Gasteiger partial charge in [-0.15, -0.1) is 0 Å². The molecule has 0 saturated heterocycles. The highest BCUT2D eigenvalue weighted by Gasteiger charge is 2.22. The van der Waals surface area contributed by atoms with Gasteiger partial charge in [0.2, 0.25) is 0 Å². The van der Waals surface area contributed by atoms with Gasteiger partial charge in [0.25, 0.3) is 0 Å². The number of anilines is 2. The standard InChI is InChI=1S/C18H19N5/c1-2-6-15(7-3-1)20-18-16-13-23(10-8-17(16)21-22-18)12-14-5-4-9-19-11-14/h1-7,9,11H,8,10,12-13H2,(H2,20,21,22). The number of H-pyrrole nitrogens is 1. The molecule has 3 aromatic rings. The van der Waals surface area contributed by atoms with Gasteiger partial charge in [-0.25, -0.2) is 0 Å². The van der Waals surface area contributed by atoms with E-state index in [0.29, 0.717) is 0 Å². The Morgan fingerprint density at radius 2 is 2.04 bits per heavy atom. The highest BCUT2D eigenvalue weighted by Crippen LogP contribution is 2.27. The van der Waals surface area contributed by atoms with Crippen molar-refractivity contribution < 1.29 is 0 Å². The number of aromatic amines is 1. The zero-order chi connectivity index (χ0) is 15.5. The summed E-state index contributed by atoms with van der Waals surface area (Å²) in [5.74, 6) is 0.932. The molecule has 0 bridgehead atoms. The number of pyridine rings is 1. The summed E-state index contributed by atoms with van der Waals surface area (Å²) in [7, 11) is 0. The predicted molar refractivity (Wildman–Crippen MR) is 90.4 cm³/mol. The zero-order valence-electron chi connectivity index (χ0n) is 12.9. The molecular formula is C18H19N5. The van der Waals surface area contributed by atoms with E-state index < -0.39 is 0 Å². The molecule has 0 spiro atoms. The van der Waals surface area contributed by atoms with Crippen molar-refractivity contribution >= 4 is 11.5 Å². The van der Waals surface area contributed by atoms with E-state index in [0.717, 1.165) is 37.6 Å². The lowest BCUT2D eigenvalue weighted by Crippen LogP contribution is -2.30. The predicted octanol–water partition coefficient (Wildman–Crippen LogP) is 3.11. The highest BCUT2D eigenvalue weighted by atomic mass is 15.2. The molecule has 5 nitrogen and oxygen atoms in total. The summed E-state index contributed by atoms with van der Waals surface area (Å²) in [4.78, 5) is 6.64. The summed E-state index contributed by atoms with van der Waals surface area (Å²) in [6.45, 7) is 2.86. The Bertz CT molecular complexity index is 767. The first-order valence-corrected chi connectivity index (χ1v) is 7.88. The molecule has 5 heteroatoms. The molecular weight excluding hydrogens is 286 g/mol.